The number of anilines is 2. The van der Waals surface area contributed by atoms with Crippen LogP contribution in [0, 0.1) is 0 Å². The summed E-state index contributed by atoms with van der Waals surface area (Å²) in [7, 11) is 0. The molecule has 0 aliphatic heterocycles. The summed E-state index contributed by atoms with van der Waals surface area (Å²) in [5.41, 5.74) is 6.35. The lowest BCUT2D eigenvalue weighted by molar-refractivity contribution is 0.327. The smallest absolute Gasteiger partial charge is 0.242 e. The van der Waals surface area contributed by atoms with Crippen molar-refractivity contribution < 1.29 is 4.74 Å². The largest absolute Gasteiger partial charge is 0.476 e. The zero-order valence-corrected chi connectivity index (χ0v) is 9.50. The van der Waals surface area contributed by atoms with Crippen LogP contribution in [-0.4, -0.2) is 23.1 Å². The standard InChI is InChI=1S/C10H18N4O/c1-4-7-13-9(12-5-2)8(11)10(14-7)15-6-3/h4-6,11H2,1-3H3,(H,12,13,14). The van der Waals surface area contributed by atoms with Crippen LogP contribution >= 0.6 is 0 Å². The highest BCUT2D eigenvalue weighted by Gasteiger charge is 2.10. The molecule has 1 aromatic rings. The highest BCUT2D eigenvalue weighted by molar-refractivity contribution is 5.66. The Morgan fingerprint density at radius 3 is 2.53 bits per heavy atom. The molecule has 0 amide bonds. The van der Waals surface area contributed by atoms with Gasteiger partial charge in [0.15, 0.2) is 5.82 Å². The molecule has 1 aromatic heterocycles. The minimum absolute atomic E-state index is 0.472. The third-order valence-corrected chi connectivity index (χ3v) is 1.90. The third kappa shape index (κ3) is 2.71. The zero-order valence-electron chi connectivity index (χ0n) is 9.50. The molecular weight excluding hydrogens is 192 g/mol. The molecule has 0 bridgehead atoms. The quantitative estimate of drug-likeness (QED) is 0.769. The van der Waals surface area contributed by atoms with E-state index in [4.69, 9.17) is 10.5 Å². The highest BCUT2D eigenvalue weighted by atomic mass is 16.5. The molecule has 0 atom stereocenters. The van der Waals surface area contributed by atoms with Gasteiger partial charge in [-0.25, -0.2) is 4.98 Å². The van der Waals surface area contributed by atoms with Crippen molar-refractivity contribution in [1.82, 2.24) is 9.97 Å². The molecule has 15 heavy (non-hydrogen) atoms. The van der Waals surface area contributed by atoms with Crippen LogP contribution in [0.15, 0.2) is 0 Å². The number of hydrogen-bond donors (Lipinski definition) is 2. The summed E-state index contributed by atoms with van der Waals surface area (Å²) in [5.74, 6) is 1.87. The number of nitrogen functional groups attached to an aromatic ring is 1. The maximum Gasteiger partial charge on any atom is 0.242 e. The van der Waals surface area contributed by atoms with Gasteiger partial charge in [0.1, 0.15) is 11.5 Å². The van der Waals surface area contributed by atoms with Crippen molar-refractivity contribution in [3.05, 3.63) is 5.82 Å². The number of ether oxygens (including phenoxy) is 1. The predicted octanol–water partition coefficient (Wildman–Crippen LogP) is 1.45. The molecule has 5 heteroatoms. The normalized spacial score (nSPS) is 10.1. The van der Waals surface area contributed by atoms with E-state index in [0.29, 0.717) is 24.0 Å². The van der Waals surface area contributed by atoms with E-state index in [1.807, 2.05) is 20.8 Å². The minimum atomic E-state index is 0.472. The molecule has 0 saturated carbocycles. The van der Waals surface area contributed by atoms with Crippen molar-refractivity contribution in [3.63, 3.8) is 0 Å². The number of aryl methyl sites for hydroxylation is 1. The molecule has 5 nitrogen and oxygen atoms in total. The van der Waals surface area contributed by atoms with Gasteiger partial charge in [-0.05, 0) is 13.8 Å². The summed E-state index contributed by atoms with van der Waals surface area (Å²) in [6, 6.07) is 0. The van der Waals surface area contributed by atoms with Crippen LogP contribution in [0.25, 0.3) is 0 Å². The van der Waals surface area contributed by atoms with Gasteiger partial charge in [-0.2, -0.15) is 4.98 Å². The Hall–Kier alpha value is -1.52. The number of hydrogen-bond acceptors (Lipinski definition) is 5. The summed E-state index contributed by atoms with van der Waals surface area (Å²) in [4.78, 5) is 8.52. The first-order chi connectivity index (χ1) is 7.22. The maximum atomic E-state index is 5.87. The van der Waals surface area contributed by atoms with E-state index in [-0.39, 0.29) is 0 Å². The van der Waals surface area contributed by atoms with Gasteiger partial charge in [-0.15, -0.1) is 0 Å². The van der Waals surface area contributed by atoms with Gasteiger partial charge in [-0.3, -0.25) is 0 Å². The molecule has 1 heterocycles. The summed E-state index contributed by atoms with van der Waals surface area (Å²) in [5, 5.41) is 3.09. The second-order valence-corrected chi connectivity index (χ2v) is 3.02. The van der Waals surface area contributed by atoms with Crippen LogP contribution in [-0.2, 0) is 6.42 Å². The molecule has 84 valence electrons. The molecule has 0 saturated heterocycles. The van der Waals surface area contributed by atoms with Crippen LogP contribution in [0.5, 0.6) is 5.88 Å². The van der Waals surface area contributed by atoms with Crippen LogP contribution < -0.4 is 15.8 Å². The fraction of sp³-hybridized carbons (Fsp3) is 0.600. The molecule has 3 N–H and O–H groups in total. The minimum Gasteiger partial charge on any atom is -0.476 e. The third-order valence-electron chi connectivity index (χ3n) is 1.90. The SMILES string of the molecule is CCNc1nc(CC)nc(OCC)c1N. The lowest BCUT2D eigenvalue weighted by atomic mass is 10.4. The van der Waals surface area contributed by atoms with E-state index in [9.17, 15) is 0 Å². The Morgan fingerprint density at radius 2 is 2.00 bits per heavy atom. The molecular formula is C10H18N4O. The van der Waals surface area contributed by atoms with E-state index in [0.717, 1.165) is 18.8 Å². The average molecular weight is 210 g/mol. The average Bonchev–Trinajstić information content (AvgIpc) is 2.24. The van der Waals surface area contributed by atoms with Gasteiger partial charge in [-0.1, -0.05) is 6.92 Å². The van der Waals surface area contributed by atoms with Crippen molar-refractivity contribution in [3.8, 4) is 5.88 Å². The van der Waals surface area contributed by atoms with Crippen molar-refractivity contribution in [1.29, 1.82) is 0 Å². The van der Waals surface area contributed by atoms with Gasteiger partial charge in [0.2, 0.25) is 5.88 Å². The Balaban J connectivity index is 3.08. The topological polar surface area (TPSA) is 73.1 Å². The summed E-state index contributed by atoms with van der Waals surface area (Å²) >= 11 is 0. The van der Waals surface area contributed by atoms with Gasteiger partial charge in [0.25, 0.3) is 0 Å². The maximum absolute atomic E-state index is 5.87. The Bertz CT molecular complexity index is 300. The van der Waals surface area contributed by atoms with Crippen molar-refractivity contribution >= 4 is 11.5 Å². The lowest BCUT2D eigenvalue weighted by Crippen LogP contribution is -2.10. The van der Waals surface area contributed by atoms with Gasteiger partial charge < -0.3 is 15.8 Å². The number of rotatable bonds is 5. The van der Waals surface area contributed by atoms with Crippen molar-refractivity contribution in [2.45, 2.75) is 27.2 Å². The van der Waals surface area contributed by atoms with E-state index in [1.165, 1.54) is 0 Å². The highest BCUT2D eigenvalue weighted by Crippen LogP contribution is 2.25. The number of nitrogens with one attached hydrogen (secondary N) is 1. The van der Waals surface area contributed by atoms with E-state index < -0.39 is 0 Å². The first-order valence-electron chi connectivity index (χ1n) is 5.25. The van der Waals surface area contributed by atoms with Crippen LogP contribution in [0.1, 0.15) is 26.6 Å². The summed E-state index contributed by atoms with van der Waals surface area (Å²) in [6.07, 6.45) is 0.763. The van der Waals surface area contributed by atoms with E-state index in [2.05, 4.69) is 15.3 Å². The molecule has 0 aliphatic rings. The number of nitrogens with two attached hydrogens (primary N) is 1. The van der Waals surface area contributed by atoms with E-state index >= 15 is 0 Å². The van der Waals surface area contributed by atoms with Crippen molar-refractivity contribution in [2.24, 2.45) is 0 Å². The Kier molecular flexibility index (Phi) is 4.15. The Morgan fingerprint density at radius 1 is 1.27 bits per heavy atom. The number of aromatic nitrogens is 2. The first-order valence-corrected chi connectivity index (χ1v) is 5.25. The molecule has 0 spiro atoms. The molecule has 0 unspecified atom stereocenters. The lowest BCUT2D eigenvalue weighted by Gasteiger charge is -2.11. The van der Waals surface area contributed by atoms with E-state index in [1.54, 1.807) is 0 Å². The fourth-order valence-corrected chi connectivity index (χ4v) is 1.20. The van der Waals surface area contributed by atoms with Gasteiger partial charge in [0.05, 0.1) is 6.61 Å². The summed E-state index contributed by atoms with van der Waals surface area (Å²) < 4.78 is 5.35. The molecule has 0 radical (unpaired) electrons. The second kappa shape index (κ2) is 5.38. The second-order valence-electron chi connectivity index (χ2n) is 3.02. The first kappa shape index (κ1) is 11.6. The van der Waals surface area contributed by atoms with Crippen molar-refractivity contribution in [2.75, 3.05) is 24.2 Å². The van der Waals surface area contributed by atoms with Crippen LogP contribution in [0.2, 0.25) is 0 Å². The van der Waals surface area contributed by atoms with Gasteiger partial charge in [0, 0.05) is 13.0 Å². The molecule has 0 fully saturated rings. The Labute approximate surface area is 90.1 Å². The molecule has 1 rings (SSSR count). The monoisotopic (exact) mass is 210 g/mol. The predicted molar refractivity (Wildman–Crippen MR) is 61.2 cm³/mol. The number of nitrogens with zero attached hydrogens (tertiary/aromatic N) is 2. The van der Waals surface area contributed by atoms with Crippen LogP contribution in [0.4, 0.5) is 11.5 Å². The summed E-state index contributed by atoms with van der Waals surface area (Å²) in [6.45, 7) is 7.22. The molecule has 0 aromatic carbocycles. The van der Waals surface area contributed by atoms with Crippen LogP contribution in [0.3, 0.4) is 0 Å². The van der Waals surface area contributed by atoms with Gasteiger partial charge >= 0.3 is 0 Å². The molecule has 0 aliphatic carbocycles. The fourth-order valence-electron chi connectivity index (χ4n) is 1.20. The zero-order chi connectivity index (χ0) is 11.3.